The summed E-state index contributed by atoms with van der Waals surface area (Å²) in [5.74, 6) is -0.105. The maximum Gasteiger partial charge on any atom is 0.416 e. The predicted molar refractivity (Wildman–Crippen MR) is 89.6 cm³/mol. The van der Waals surface area contributed by atoms with Gasteiger partial charge in [0, 0.05) is 6.16 Å². The number of amides is 2. The summed E-state index contributed by atoms with van der Waals surface area (Å²) in [5.41, 5.74) is 1.11. The zero-order chi connectivity index (χ0) is 16.3. The van der Waals surface area contributed by atoms with E-state index in [1.807, 2.05) is 30.3 Å². The molecule has 120 valence electrons. The molecular weight excluding hydrogens is 297 g/mol. The van der Waals surface area contributed by atoms with Gasteiger partial charge in [0.05, 0.1) is 6.04 Å². The van der Waals surface area contributed by atoms with E-state index in [0.717, 1.165) is 5.56 Å². The van der Waals surface area contributed by atoms with E-state index in [2.05, 4.69) is 27.4 Å². The van der Waals surface area contributed by atoms with Crippen molar-refractivity contribution in [1.29, 1.82) is 0 Å². The lowest BCUT2D eigenvalue weighted by Crippen LogP contribution is -2.42. The van der Waals surface area contributed by atoms with E-state index in [0.29, 0.717) is 12.6 Å². The molecule has 1 saturated heterocycles. The molecule has 2 amide bonds. The highest BCUT2D eigenvalue weighted by Crippen LogP contribution is 2.45. The molecule has 0 aromatic heterocycles. The number of carbonyl (C=O) groups excluding carboxylic acids is 2. The number of nitrogens with zero attached hydrogens (tertiary/aromatic N) is 1. The zero-order valence-electron chi connectivity index (χ0n) is 13.7. The Morgan fingerprint density at radius 1 is 1.32 bits per heavy atom. The molecule has 0 bridgehead atoms. The van der Waals surface area contributed by atoms with Gasteiger partial charge in [0.15, 0.2) is 0 Å². The van der Waals surface area contributed by atoms with Crippen LogP contribution >= 0.6 is 7.92 Å². The maximum atomic E-state index is 12.6. The van der Waals surface area contributed by atoms with E-state index in [1.165, 1.54) is 4.90 Å². The minimum atomic E-state index is -0.497. The summed E-state index contributed by atoms with van der Waals surface area (Å²) in [7, 11) is -0.473. The molecule has 1 aromatic carbocycles. The summed E-state index contributed by atoms with van der Waals surface area (Å²) >= 11 is 0. The predicted octanol–water partition coefficient (Wildman–Crippen LogP) is 3.49. The monoisotopic (exact) mass is 321 g/mol. The van der Waals surface area contributed by atoms with Crippen molar-refractivity contribution in [3.05, 3.63) is 35.9 Å². The maximum absolute atomic E-state index is 12.6. The fourth-order valence-electron chi connectivity index (χ4n) is 2.32. The molecule has 1 aliphatic rings. The summed E-state index contributed by atoms with van der Waals surface area (Å²) in [4.78, 5) is 25.8. The number of hydrogen-bond acceptors (Lipinski definition) is 3. The van der Waals surface area contributed by atoms with E-state index >= 15 is 0 Å². The van der Waals surface area contributed by atoms with E-state index < -0.39 is 14.0 Å². The van der Waals surface area contributed by atoms with Crippen LogP contribution in [0.3, 0.4) is 0 Å². The fourth-order valence-corrected chi connectivity index (χ4v) is 3.35. The fraction of sp³-hybridized carbons (Fsp3) is 0.529. The van der Waals surface area contributed by atoms with Crippen molar-refractivity contribution in [2.24, 2.45) is 0 Å². The lowest BCUT2D eigenvalue weighted by molar-refractivity contribution is -0.126. The van der Waals surface area contributed by atoms with Crippen molar-refractivity contribution in [1.82, 2.24) is 4.90 Å². The SMILES string of the molecule is C[P@](CC(=O)N1C(=O)OC[C@@H]1Cc1ccccc1)C(C)(C)C. The Bertz CT molecular complexity index is 539. The molecule has 0 saturated carbocycles. The van der Waals surface area contributed by atoms with Crippen LogP contribution in [0.2, 0.25) is 0 Å². The van der Waals surface area contributed by atoms with E-state index in [9.17, 15) is 9.59 Å². The molecule has 22 heavy (non-hydrogen) atoms. The van der Waals surface area contributed by atoms with E-state index in [-0.39, 0.29) is 23.7 Å². The summed E-state index contributed by atoms with van der Waals surface area (Å²) in [6, 6.07) is 9.70. The Balaban J connectivity index is 2.06. The molecule has 2 atom stereocenters. The van der Waals surface area contributed by atoms with Crippen molar-refractivity contribution in [2.45, 2.75) is 38.4 Å². The smallest absolute Gasteiger partial charge is 0.416 e. The first kappa shape index (κ1) is 17.0. The Kier molecular flexibility index (Phi) is 5.23. The highest BCUT2D eigenvalue weighted by molar-refractivity contribution is 7.59. The first-order valence-corrected chi connectivity index (χ1v) is 9.50. The van der Waals surface area contributed by atoms with Crippen molar-refractivity contribution in [2.75, 3.05) is 19.4 Å². The molecule has 4 nitrogen and oxygen atoms in total. The third-order valence-electron chi connectivity index (χ3n) is 4.06. The molecule has 0 N–H and O–H groups in total. The zero-order valence-corrected chi connectivity index (χ0v) is 14.6. The van der Waals surface area contributed by atoms with Gasteiger partial charge < -0.3 is 4.74 Å². The largest absolute Gasteiger partial charge is 0.447 e. The number of hydrogen-bond donors (Lipinski definition) is 0. The van der Waals surface area contributed by atoms with Crippen molar-refractivity contribution in [3.8, 4) is 0 Å². The van der Waals surface area contributed by atoms with Crippen LogP contribution in [-0.4, -0.2) is 47.5 Å². The summed E-state index contributed by atoms with van der Waals surface area (Å²) in [6.07, 6.45) is 0.581. The van der Waals surface area contributed by atoms with Crippen LogP contribution in [0.25, 0.3) is 0 Å². The molecule has 0 aliphatic carbocycles. The Labute approximate surface area is 133 Å². The molecule has 1 aromatic rings. The lowest BCUT2D eigenvalue weighted by Gasteiger charge is -2.29. The van der Waals surface area contributed by atoms with Crippen LogP contribution < -0.4 is 0 Å². The second-order valence-electron chi connectivity index (χ2n) is 6.71. The third kappa shape index (κ3) is 4.07. The first-order valence-electron chi connectivity index (χ1n) is 7.53. The van der Waals surface area contributed by atoms with Crippen LogP contribution in [0.4, 0.5) is 4.79 Å². The molecule has 1 aliphatic heterocycles. The average Bonchev–Trinajstić information content (AvgIpc) is 2.79. The van der Waals surface area contributed by atoms with Crippen molar-refractivity contribution >= 4 is 19.9 Å². The van der Waals surface area contributed by atoms with Gasteiger partial charge in [0.1, 0.15) is 6.61 Å². The summed E-state index contributed by atoms with van der Waals surface area (Å²) in [5, 5.41) is 0.101. The topological polar surface area (TPSA) is 46.6 Å². The number of imide groups is 1. The molecule has 5 heteroatoms. The standard InChI is InChI=1S/C17H24NO3P/c1-17(2,3)22(4)12-15(19)18-14(11-21-16(18)20)10-13-8-6-5-7-9-13/h5-9,14H,10-12H2,1-4H3/t14-,22+/m0/s1. The van der Waals surface area contributed by atoms with Gasteiger partial charge in [-0.3, -0.25) is 4.79 Å². The van der Waals surface area contributed by atoms with E-state index in [1.54, 1.807) is 0 Å². The van der Waals surface area contributed by atoms with Crippen molar-refractivity contribution in [3.63, 3.8) is 0 Å². The van der Waals surface area contributed by atoms with Gasteiger partial charge in [-0.05, 0) is 23.8 Å². The van der Waals surface area contributed by atoms with Gasteiger partial charge in [-0.2, -0.15) is 0 Å². The van der Waals surface area contributed by atoms with Gasteiger partial charge in [-0.15, -0.1) is 0 Å². The molecule has 1 heterocycles. The number of benzene rings is 1. The number of ether oxygens (including phenoxy) is 1. The van der Waals surface area contributed by atoms with Crippen LogP contribution in [0.15, 0.2) is 30.3 Å². The molecule has 1 fully saturated rings. The quantitative estimate of drug-likeness (QED) is 0.798. The highest BCUT2D eigenvalue weighted by atomic mass is 31.1. The number of carbonyl (C=O) groups is 2. The van der Waals surface area contributed by atoms with Crippen LogP contribution in [0.5, 0.6) is 0 Å². The van der Waals surface area contributed by atoms with Gasteiger partial charge in [-0.25, -0.2) is 9.69 Å². The minimum Gasteiger partial charge on any atom is -0.447 e. The molecule has 2 rings (SSSR count). The van der Waals surface area contributed by atoms with Crippen LogP contribution in [0, 0.1) is 0 Å². The highest BCUT2D eigenvalue weighted by Gasteiger charge is 2.38. The molecule has 0 radical (unpaired) electrons. The van der Waals surface area contributed by atoms with Crippen LogP contribution in [-0.2, 0) is 16.0 Å². The second-order valence-corrected chi connectivity index (χ2v) is 9.76. The van der Waals surface area contributed by atoms with Gasteiger partial charge in [0.2, 0.25) is 5.91 Å². The normalized spacial score (nSPS) is 19.9. The number of cyclic esters (lactones) is 1. The van der Waals surface area contributed by atoms with Gasteiger partial charge in [-0.1, -0.05) is 59.0 Å². The van der Waals surface area contributed by atoms with Gasteiger partial charge in [0.25, 0.3) is 0 Å². The Hall–Kier alpha value is -1.41. The number of rotatable bonds is 4. The molecule has 0 spiro atoms. The van der Waals surface area contributed by atoms with Crippen molar-refractivity contribution < 1.29 is 14.3 Å². The Morgan fingerprint density at radius 2 is 1.95 bits per heavy atom. The van der Waals surface area contributed by atoms with E-state index in [4.69, 9.17) is 4.74 Å². The first-order chi connectivity index (χ1) is 10.3. The summed E-state index contributed by atoms with van der Waals surface area (Å²) < 4.78 is 5.11. The molecule has 0 unspecified atom stereocenters. The Morgan fingerprint density at radius 3 is 2.55 bits per heavy atom. The third-order valence-corrected chi connectivity index (χ3v) is 7.10. The lowest BCUT2D eigenvalue weighted by atomic mass is 10.1. The second kappa shape index (κ2) is 6.78. The average molecular weight is 321 g/mol. The summed E-state index contributed by atoms with van der Waals surface area (Å²) in [6.45, 7) is 8.80. The van der Waals surface area contributed by atoms with Gasteiger partial charge >= 0.3 is 6.09 Å². The minimum absolute atomic E-state index is 0.101. The molecular formula is C17H24NO3P. The van der Waals surface area contributed by atoms with Crippen LogP contribution in [0.1, 0.15) is 26.3 Å².